The average Bonchev–Trinajstić information content (AvgIpc) is 2.97. The van der Waals surface area contributed by atoms with Crippen LogP contribution in [0.2, 0.25) is 0 Å². The lowest BCUT2D eigenvalue weighted by atomic mass is 10.1. The number of benzene rings is 2. The monoisotopic (exact) mass is 309 g/mol. The van der Waals surface area contributed by atoms with Gasteiger partial charge in [-0.3, -0.25) is 20.4 Å². The highest BCUT2D eigenvalue weighted by Gasteiger charge is 2.09. The minimum Gasteiger partial charge on any atom is -0.273 e. The van der Waals surface area contributed by atoms with Crippen LogP contribution in [0.3, 0.4) is 0 Å². The van der Waals surface area contributed by atoms with E-state index < -0.39 is 0 Å². The molecule has 116 valence electrons. The minimum absolute atomic E-state index is 0.0217. The Morgan fingerprint density at radius 2 is 1.61 bits per heavy atom. The molecular weight excluding hydrogens is 294 g/mol. The molecule has 7 heteroatoms. The Labute approximate surface area is 132 Å². The van der Waals surface area contributed by atoms with Crippen molar-refractivity contribution >= 4 is 22.8 Å². The van der Waals surface area contributed by atoms with E-state index in [1.54, 1.807) is 0 Å². The fourth-order valence-electron chi connectivity index (χ4n) is 2.17. The highest BCUT2D eigenvalue weighted by molar-refractivity contribution is 5.84. The second kappa shape index (κ2) is 6.69. The second-order valence-electron chi connectivity index (χ2n) is 4.99. The highest BCUT2D eigenvalue weighted by atomic mass is 16.2. The number of nitrogens with zero attached hydrogens (tertiary/aromatic N) is 3. The molecular formula is C16H15N5O2. The zero-order valence-corrected chi connectivity index (χ0v) is 12.3. The van der Waals surface area contributed by atoms with Gasteiger partial charge in [0.2, 0.25) is 5.91 Å². The normalized spacial score (nSPS) is 10.4. The first-order valence-electron chi connectivity index (χ1n) is 7.12. The lowest BCUT2D eigenvalue weighted by Crippen LogP contribution is -2.43. The Balaban J connectivity index is 1.52. The molecule has 0 saturated carbocycles. The van der Waals surface area contributed by atoms with Crippen LogP contribution in [-0.2, 0) is 22.6 Å². The van der Waals surface area contributed by atoms with E-state index in [0.717, 1.165) is 11.1 Å². The third kappa shape index (κ3) is 3.70. The molecule has 0 radical (unpaired) electrons. The Morgan fingerprint density at radius 1 is 0.913 bits per heavy atom. The standard InChI is InChI=1S/C16H15N5O2/c22-15(10-12-6-2-1-3-7-12)18-19-16(23)11-21-14-9-5-4-8-13(14)17-20-21/h1-9H,10-11H2,(H,18,22)(H,19,23). The number of hydrogen-bond acceptors (Lipinski definition) is 4. The Bertz CT molecular complexity index is 829. The number of amides is 2. The molecule has 3 aromatic rings. The van der Waals surface area contributed by atoms with Crippen molar-refractivity contribution in [3.63, 3.8) is 0 Å². The van der Waals surface area contributed by atoms with Crippen molar-refractivity contribution in [1.82, 2.24) is 25.8 Å². The van der Waals surface area contributed by atoms with Crippen molar-refractivity contribution in [2.45, 2.75) is 13.0 Å². The van der Waals surface area contributed by atoms with Crippen LogP contribution in [0.5, 0.6) is 0 Å². The number of para-hydroxylation sites is 1. The zero-order chi connectivity index (χ0) is 16.1. The largest absolute Gasteiger partial charge is 0.273 e. The van der Waals surface area contributed by atoms with Crippen molar-refractivity contribution < 1.29 is 9.59 Å². The number of nitrogens with one attached hydrogen (secondary N) is 2. The van der Waals surface area contributed by atoms with Crippen LogP contribution in [-0.4, -0.2) is 26.8 Å². The molecule has 23 heavy (non-hydrogen) atoms. The molecule has 7 nitrogen and oxygen atoms in total. The molecule has 3 rings (SSSR count). The summed E-state index contributed by atoms with van der Waals surface area (Å²) in [7, 11) is 0. The summed E-state index contributed by atoms with van der Waals surface area (Å²) in [5.41, 5.74) is 7.12. The van der Waals surface area contributed by atoms with Crippen molar-refractivity contribution in [2.75, 3.05) is 0 Å². The lowest BCUT2D eigenvalue weighted by Gasteiger charge is -2.07. The molecule has 0 unspecified atom stereocenters. The molecule has 0 fully saturated rings. The van der Waals surface area contributed by atoms with Gasteiger partial charge in [-0.2, -0.15) is 0 Å². The highest BCUT2D eigenvalue weighted by Crippen LogP contribution is 2.08. The number of aromatic nitrogens is 3. The van der Waals surface area contributed by atoms with Gasteiger partial charge in [0.25, 0.3) is 5.91 Å². The quantitative estimate of drug-likeness (QED) is 0.698. The molecule has 2 N–H and O–H groups in total. The van der Waals surface area contributed by atoms with Gasteiger partial charge in [-0.25, -0.2) is 4.68 Å². The zero-order valence-electron chi connectivity index (χ0n) is 12.3. The third-order valence-corrected chi connectivity index (χ3v) is 3.26. The van der Waals surface area contributed by atoms with Crippen LogP contribution < -0.4 is 10.9 Å². The van der Waals surface area contributed by atoms with Crippen LogP contribution in [0, 0.1) is 0 Å². The number of rotatable bonds is 4. The molecule has 0 atom stereocenters. The van der Waals surface area contributed by atoms with Gasteiger partial charge in [0.1, 0.15) is 12.1 Å². The lowest BCUT2D eigenvalue weighted by molar-refractivity contribution is -0.129. The molecule has 2 aromatic carbocycles. The summed E-state index contributed by atoms with van der Waals surface area (Å²) >= 11 is 0. The molecule has 1 aromatic heterocycles. The molecule has 0 aliphatic heterocycles. The van der Waals surface area contributed by atoms with Gasteiger partial charge >= 0.3 is 0 Å². The van der Waals surface area contributed by atoms with E-state index >= 15 is 0 Å². The number of carbonyl (C=O) groups is 2. The molecule has 0 spiro atoms. The van der Waals surface area contributed by atoms with Crippen molar-refractivity contribution in [2.24, 2.45) is 0 Å². The first-order valence-corrected chi connectivity index (χ1v) is 7.12. The summed E-state index contributed by atoms with van der Waals surface area (Å²) in [5, 5.41) is 7.89. The number of carbonyl (C=O) groups excluding carboxylic acids is 2. The molecule has 0 bridgehead atoms. The predicted octanol–water partition coefficient (Wildman–Crippen LogP) is 0.821. The third-order valence-electron chi connectivity index (χ3n) is 3.26. The smallest absolute Gasteiger partial charge is 0.260 e. The van der Waals surface area contributed by atoms with E-state index in [2.05, 4.69) is 21.2 Å². The number of fused-ring (bicyclic) bond motifs is 1. The summed E-state index contributed by atoms with van der Waals surface area (Å²) in [5.74, 6) is -0.657. The van der Waals surface area contributed by atoms with Crippen LogP contribution in [0.4, 0.5) is 0 Å². The first-order chi connectivity index (χ1) is 11.2. The first kappa shape index (κ1) is 14.7. The van der Waals surface area contributed by atoms with Crippen LogP contribution in [0.1, 0.15) is 5.56 Å². The van der Waals surface area contributed by atoms with Crippen LogP contribution in [0.25, 0.3) is 11.0 Å². The molecule has 2 amide bonds. The van der Waals surface area contributed by atoms with E-state index in [4.69, 9.17) is 0 Å². The maximum Gasteiger partial charge on any atom is 0.260 e. The maximum absolute atomic E-state index is 11.9. The van der Waals surface area contributed by atoms with E-state index in [9.17, 15) is 9.59 Å². The van der Waals surface area contributed by atoms with Gasteiger partial charge in [0.15, 0.2) is 0 Å². The van der Waals surface area contributed by atoms with E-state index in [0.29, 0.717) is 5.52 Å². The van der Waals surface area contributed by atoms with Gasteiger partial charge in [-0.1, -0.05) is 47.7 Å². The molecule has 1 heterocycles. The van der Waals surface area contributed by atoms with E-state index in [-0.39, 0.29) is 24.8 Å². The molecule has 0 aliphatic carbocycles. The summed E-state index contributed by atoms with van der Waals surface area (Å²) in [6.07, 6.45) is 0.202. The van der Waals surface area contributed by atoms with E-state index in [1.165, 1.54) is 4.68 Å². The van der Waals surface area contributed by atoms with Gasteiger partial charge < -0.3 is 0 Å². The Hall–Kier alpha value is -3.22. The van der Waals surface area contributed by atoms with Crippen molar-refractivity contribution in [3.05, 3.63) is 60.2 Å². The summed E-state index contributed by atoms with van der Waals surface area (Å²) in [6, 6.07) is 16.6. The van der Waals surface area contributed by atoms with Gasteiger partial charge in [0, 0.05) is 0 Å². The van der Waals surface area contributed by atoms with Crippen molar-refractivity contribution in [3.8, 4) is 0 Å². The average molecular weight is 309 g/mol. The summed E-state index contributed by atoms with van der Waals surface area (Å²) in [4.78, 5) is 23.7. The SMILES string of the molecule is O=C(Cc1ccccc1)NNC(=O)Cn1nnc2ccccc21. The van der Waals surface area contributed by atoms with Gasteiger partial charge in [-0.05, 0) is 17.7 Å². The second-order valence-corrected chi connectivity index (χ2v) is 4.99. The van der Waals surface area contributed by atoms with Crippen LogP contribution in [0.15, 0.2) is 54.6 Å². The fraction of sp³-hybridized carbons (Fsp3) is 0.125. The Kier molecular flexibility index (Phi) is 4.28. The number of hydrogen-bond donors (Lipinski definition) is 2. The number of hydrazine groups is 1. The fourth-order valence-corrected chi connectivity index (χ4v) is 2.17. The maximum atomic E-state index is 11.9. The van der Waals surface area contributed by atoms with E-state index in [1.807, 2.05) is 54.6 Å². The summed E-state index contributed by atoms with van der Waals surface area (Å²) in [6.45, 7) is -0.0217. The van der Waals surface area contributed by atoms with Crippen molar-refractivity contribution in [1.29, 1.82) is 0 Å². The molecule has 0 saturated heterocycles. The van der Waals surface area contributed by atoms with Gasteiger partial charge in [-0.15, -0.1) is 5.10 Å². The predicted molar refractivity (Wildman–Crippen MR) is 84.0 cm³/mol. The van der Waals surface area contributed by atoms with Crippen LogP contribution >= 0.6 is 0 Å². The topological polar surface area (TPSA) is 88.9 Å². The van der Waals surface area contributed by atoms with Gasteiger partial charge in [0.05, 0.1) is 11.9 Å². The Morgan fingerprint density at radius 3 is 2.43 bits per heavy atom. The minimum atomic E-state index is -0.373. The molecule has 0 aliphatic rings. The summed E-state index contributed by atoms with van der Waals surface area (Å²) < 4.78 is 1.48.